The van der Waals surface area contributed by atoms with Crippen LogP contribution < -0.4 is 5.73 Å². The molecule has 0 atom stereocenters. The van der Waals surface area contributed by atoms with Crippen molar-refractivity contribution in [3.05, 3.63) is 24.0 Å². The van der Waals surface area contributed by atoms with Crippen LogP contribution in [0.15, 0.2) is 23.1 Å². The van der Waals surface area contributed by atoms with Gasteiger partial charge in [0.1, 0.15) is 5.82 Å². The third kappa shape index (κ3) is 4.74. The number of hydrogen-bond acceptors (Lipinski definition) is 2. The second-order valence-electron chi connectivity index (χ2n) is 3.25. The minimum atomic E-state index is -4.13. The van der Waals surface area contributed by atoms with E-state index in [1.54, 1.807) is 0 Å². The molecular formula is C10H11F4NS. The van der Waals surface area contributed by atoms with Gasteiger partial charge in [0.05, 0.1) is 0 Å². The molecule has 0 fully saturated rings. The Morgan fingerprint density at radius 3 is 2.56 bits per heavy atom. The molecule has 0 aliphatic carbocycles. The summed E-state index contributed by atoms with van der Waals surface area (Å²) < 4.78 is 48.3. The van der Waals surface area contributed by atoms with E-state index in [9.17, 15) is 17.6 Å². The van der Waals surface area contributed by atoms with Gasteiger partial charge in [0.15, 0.2) is 0 Å². The predicted molar refractivity (Wildman–Crippen MR) is 56.8 cm³/mol. The molecule has 0 amide bonds. The highest BCUT2D eigenvalue weighted by Gasteiger charge is 2.25. The van der Waals surface area contributed by atoms with Crippen LogP contribution in [-0.4, -0.2) is 11.9 Å². The molecule has 90 valence electrons. The zero-order chi connectivity index (χ0) is 12.2. The molecule has 0 aliphatic heterocycles. The molecule has 0 heterocycles. The lowest BCUT2D eigenvalue weighted by Gasteiger charge is -2.07. The Balaban J connectivity index is 2.40. The molecule has 1 aromatic rings. The third-order valence-electron chi connectivity index (χ3n) is 1.84. The lowest BCUT2D eigenvalue weighted by molar-refractivity contribution is -0.134. The number of hydrogen-bond donors (Lipinski definition) is 1. The zero-order valence-electron chi connectivity index (χ0n) is 8.35. The van der Waals surface area contributed by atoms with Crippen molar-refractivity contribution in [2.24, 2.45) is 0 Å². The lowest BCUT2D eigenvalue weighted by Crippen LogP contribution is -2.06. The van der Waals surface area contributed by atoms with Crippen molar-refractivity contribution < 1.29 is 17.6 Å². The quantitative estimate of drug-likeness (QED) is 0.382. The smallest absolute Gasteiger partial charge is 0.389 e. The third-order valence-corrected chi connectivity index (χ3v) is 3.00. The summed E-state index contributed by atoms with van der Waals surface area (Å²) in [6, 6.07) is 3.85. The molecule has 0 aromatic heterocycles. The summed E-state index contributed by atoms with van der Waals surface area (Å²) in [5.41, 5.74) is 5.94. The van der Waals surface area contributed by atoms with Crippen LogP contribution in [0, 0.1) is 5.82 Å². The minimum Gasteiger partial charge on any atom is -0.398 e. The van der Waals surface area contributed by atoms with Crippen molar-refractivity contribution in [2.75, 3.05) is 11.5 Å². The Kier molecular flexibility index (Phi) is 4.46. The molecule has 0 saturated carbocycles. The first-order chi connectivity index (χ1) is 7.38. The van der Waals surface area contributed by atoms with Crippen molar-refractivity contribution >= 4 is 17.4 Å². The normalized spacial score (nSPS) is 11.8. The van der Waals surface area contributed by atoms with E-state index in [1.165, 1.54) is 18.2 Å². The van der Waals surface area contributed by atoms with Crippen LogP contribution in [0.25, 0.3) is 0 Å². The van der Waals surface area contributed by atoms with E-state index >= 15 is 0 Å². The van der Waals surface area contributed by atoms with E-state index in [0.717, 1.165) is 11.8 Å². The predicted octanol–water partition coefficient (Wildman–Crippen LogP) is 3.84. The van der Waals surface area contributed by atoms with Gasteiger partial charge in [-0.25, -0.2) is 4.39 Å². The molecule has 1 rings (SSSR count). The van der Waals surface area contributed by atoms with Crippen LogP contribution >= 0.6 is 11.8 Å². The Labute approximate surface area is 95.0 Å². The maximum absolute atomic E-state index is 12.8. The van der Waals surface area contributed by atoms with Gasteiger partial charge in [-0.3, -0.25) is 0 Å². The summed E-state index contributed by atoms with van der Waals surface area (Å²) >= 11 is 1.14. The van der Waals surface area contributed by atoms with Gasteiger partial charge < -0.3 is 5.73 Å². The molecule has 0 unspecified atom stereocenters. The number of nitrogens with two attached hydrogens (primary N) is 1. The first-order valence-corrected chi connectivity index (χ1v) is 5.61. The summed E-state index contributed by atoms with van der Waals surface area (Å²) in [6.45, 7) is 0. The lowest BCUT2D eigenvalue weighted by atomic mass is 10.3. The highest BCUT2D eigenvalue weighted by atomic mass is 32.2. The van der Waals surface area contributed by atoms with Gasteiger partial charge in [0, 0.05) is 17.0 Å². The maximum atomic E-state index is 12.8. The summed E-state index contributed by atoms with van der Waals surface area (Å²) in [6.07, 6.45) is -4.95. The molecule has 6 heteroatoms. The molecular weight excluding hydrogens is 242 g/mol. The van der Waals surface area contributed by atoms with Gasteiger partial charge in [-0.2, -0.15) is 13.2 Å². The SMILES string of the molecule is Nc1ccc(F)cc1SCCCC(F)(F)F. The van der Waals surface area contributed by atoms with Crippen LogP contribution in [0.2, 0.25) is 0 Å². The van der Waals surface area contributed by atoms with Crippen molar-refractivity contribution in [3.63, 3.8) is 0 Å². The van der Waals surface area contributed by atoms with Gasteiger partial charge in [-0.05, 0) is 30.4 Å². The van der Waals surface area contributed by atoms with Gasteiger partial charge >= 0.3 is 6.18 Å². The largest absolute Gasteiger partial charge is 0.398 e. The molecule has 2 N–H and O–H groups in total. The fraction of sp³-hybridized carbons (Fsp3) is 0.400. The summed E-state index contributed by atoms with van der Waals surface area (Å²) in [4.78, 5) is 0.488. The van der Waals surface area contributed by atoms with E-state index in [4.69, 9.17) is 5.73 Å². The number of benzene rings is 1. The standard InChI is InChI=1S/C10H11F4NS/c11-7-2-3-8(15)9(6-7)16-5-1-4-10(12,13)14/h2-3,6H,1,4-5,15H2. The van der Waals surface area contributed by atoms with Crippen LogP contribution in [0.1, 0.15) is 12.8 Å². The van der Waals surface area contributed by atoms with Gasteiger partial charge in [-0.1, -0.05) is 0 Å². The molecule has 0 radical (unpaired) electrons. The number of anilines is 1. The second-order valence-corrected chi connectivity index (χ2v) is 4.39. The topological polar surface area (TPSA) is 26.0 Å². The first-order valence-electron chi connectivity index (χ1n) is 4.63. The van der Waals surface area contributed by atoms with E-state index in [-0.39, 0.29) is 12.2 Å². The van der Waals surface area contributed by atoms with Crippen LogP contribution in [0.5, 0.6) is 0 Å². The van der Waals surface area contributed by atoms with Crippen molar-refractivity contribution in [1.82, 2.24) is 0 Å². The molecule has 1 nitrogen and oxygen atoms in total. The van der Waals surface area contributed by atoms with Crippen molar-refractivity contribution in [2.45, 2.75) is 23.9 Å². The van der Waals surface area contributed by atoms with Gasteiger partial charge in [0.25, 0.3) is 0 Å². The summed E-state index contributed by atoms with van der Waals surface area (Å²) in [5.74, 6) is -0.166. The fourth-order valence-electron chi connectivity index (χ4n) is 1.09. The van der Waals surface area contributed by atoms with E-state index in [0.29, 0.717) is 10.6 Å². The molecule has 0 bridgehead atoms. The number of nitrogen functional groups attached to an aromatic ring is 1. The Morgan fingerprint density at radius 2 is 1.94 bits per heavy atom. The average Bonchev–Trinajstić information content (AvgIpc) is 2.16. The zero-order valence-corrected chi connectivity index (χ0v) is 9.17. The number of halogens is 4. The maximum Gasteiger partial charge on any atom is 0.389 e. The van der Waals surface area contributed by atoms with Gasteiger partial charge in [0.2, 0.25) is 0 Å². The number of thioether (sulfide) groups is 1. The summed E-state index contributed by atoms with van der Waals surface area (Å²) in [7, 11) is 0. The van der Waals surface area contributed by atoms with E-state index < -0.39 is 18.4 Å². The molecule has 0 aliphatic rings. The van der Waals surface area contributed by atoms with Crippen LogP contribution in [-0.2, 0) is 0 Å². The van der Waals surface area contributed by atoms with E-state index in [1.807, 2.05) is 0 Å². The average molecular weight is 253 g/mol. The Hall–Kier alpha value is -0.910. The number of alkyl halides is 3. The van der Waals surface area contributed by atoms with Crippen molar-refractivity contribution in [1.29, 1.82) is 0 Å². The monoisotopic (exact) mass is 253 g/mol. The molecule has 0 saturated heterocycles. The molecule has 16 heavy (non-hydrogen) atoms. The highest BCUT2D eigenvalue weighted by molar-refractivity contribution is 7.99. The second kappa shape index (κ2) is 5.43. The Morgan fingerprint density at radius 1 is 1.25 bits per heavy atom. The van der Waals surface area contributed by atoms with Crippen LogP contribution in [0.4, 0.5) is 23.2 Å². The molecule has 0 spiro atoms. The summed E-state index contributed by atoms with van der Waals surface area (Å²) in [5, 5.41) is 0. The minimum absolute atomic E-state index is 0.00409. The van der Waals surface area contributed by atoms with Gasteiger partial charge in [-0.15, -0.1) is 11.8 Å². The highest BCUT2D eigenvalue weighted by Crippen LogP contribution is 2.28. The van der Waals surface area contributed by atoms with Crippen LogP contribution in [0.3, 0.4) is 0 Å². The number of rotatable bonds is 4. The first kappa shape index (κ1) is 13.2. The molecule has 1 aromatic carbocycles. The van der Waals surface area contributed by atoms with E-state index in [2.05, 4.69) is 0 Å². The Bertz CT molecular complexity index is 351. The van der Waals surface area contributed by atoms with Crippen molar-refractivity contribution in [3.8, 4) is 0 Å². The fourth-order valence-corrected chi connectivity index (χ4v) is 2.03.